The molecular formula is C11H21NOS. The minimum Gasteiger partial charge on any atom is -0.381 e. The summed E-state index contributed by atoms with van der Waals surface area (Å²) in [6.07, 6.45) is 8.88. The molecule has 3 heteroatoms. The zero-order valence-corrected chi connectivity index (χ0v) is 9.87. The third-order valence-electron chi connectivity index (χ3n) is 3.66. The van der Waals surface area contributed by atoms with Crippen LogP contribution in [0.25, 0.3) is 0 Å². The van der Waals surface area contributed by atoms with Crippen LogP contribution in [0.1, 0.15) is 32.1 Å². The molecule has 1 aliphatic heterocycles. The van der Waals surface area contributed by atoms with Gasteiger partial charge in [0.2, 0.25) is 0 Å². The molecule has 2 fully saturated rings. The van der Waals surface area contributed by atoms with Crippen LogP contribution >= 0.6 is 11.8 Å². The first kappa shape index (κ1) is 10.8. The molecule has 1 heterocycles. The Kier molecular flexibility index (Phi) is 3.74. The van der Waals surface area contributed by atoms with Crippen molar-refractivity contribution in [1.29, 1.82) is 0 Å². The number of nitrogens with one attached hydrogen (secondary N) is 1. The van der Waals surface area contributed by atoms with Gasteiger partial charge in [0.05, 0.1) is 0 Å². The van der Waals surface area contributed by atoms with Gasteiger partial charge in [0.1, 0.15) is 0 Å². The van der Waals surface area contributed by atoms with Gasteiger partial charge in [-0.15, -0.1) is 0 Å². The van der Waals surface area contributed by atoms with E-state index in [4.69, 9.17) is 4.74 Å². The van der Waals surface area contributed by atoms with E-state index in [1.807, 2.05) is 11.8 Å². The number of hydrogen-bond donors (Lipinski definition) is 1. The summed E-state index contributed by atoms with van der Waals surface area (Å²) in [7, 11) is 0. The summed E-state index contributed by atoms with van der Waals surface area (Å²) in [4.78, 5) is 0. The highest BCUT2D eigenvalue weighted by Gasteiger charge is 2.32. The molecule has 0 aromatic heterocycles. The molecule has 14 heavy (non-hydrogen) atoms. The number of ether oxygens (including phenoxy) is 1. The SMILES string of the molecule is CSC1(CNC2CCC2)CCOCC1. The highest BCUT2D eigenvalue weighted by molar-refractivity contribution is 8.00. The second-order valence-corrected chi connectivity index (χ2v) is 5.78. The standard InChI is InChI=1S/C11H21NOS/c1-14-11(5-7-13-8-6-11)9-12-10-3-2-4-10/h10,12H,2-9H2,1H3. The van der Waals surface area contributed by atoms with E-state index in [9.17, 15) is 0 Å². The van der Waals surface area contributed by atoms with Crippen molar-refractivity contribution in [1.82, 2.24) is 5.32 Å². The Morgan fingerprint density at radius 1 is 1.36 bits per heavy atom. The van der Waals surface area contributed by atoms with Crippen LogP contribution in [0, 0.1) is 0 Å². The first-order chi connectivity index (χ1) is 6.85. The van der Waals surface area contributed by atoms with Gasteiger partial charge >= 0.3 is 0 Å². The Morgan fingerprint density at radius 2 is 2.07 bits per heavy atom. The Morgan fingerprint density at radius 3 is 2.57 bits per heavy atom. The van der Waals surface area contributed by atoms with Crippen molar-refractivity contribution in [2.75, 3.05) is 26.0 Å². The maximum atomic E-state index is 5.43. The normalized spacial score (nSPS) is 27.2. The molecular weight excluding hydrogens is 194 g/mol. The second kappa shape index (κ2) is 4.86. The molecule has 0 aromatic rings. The van der Waals surface area contributed by atoms with Crippen molar-refractivity contribution in [3.63, 3.8) is 0 Å². The van der Waals surface area contributed by atoms with Gasteiger partial charge in [-0.1, -0.05) is 6.42 Å². The Balaban J connectivity index is 1.77. The van der Waals surface area contributed by atoms with Crippen LogP contribution in [0.4, 0.5) is 0 Å². The first-order valence-electron chi connectivity index (χ1n) is 5.71. The molecule has 0 amide bonds. The molecule has 0 unspecified atom stereocenters. The summed E-state index contributed by atoms with van der Waals surface area (Å²) in [5, 5.41) is 3.70. The lowest BCUT2D eigenvalue weighted by atomic mass is 9.91. The molecule has 2 aliphatic rings. The van der Waals surface area contributed by atoms with Crippen molar-refractivity contribution < 1.29 is 4.74 Å². The molecule has 1 N–H and O–H groups in total. The predicted octanol–water partition coefficient (Wildman–Crippen LogP) is 2.04. The molecule has 0 bridgehead atoms. The molecule has 0 radical (unpaired) electrons. The lowest BCUT2D eigenvalue weighted by Gasteiger charge is -2.38. The van der Waals surface area contributed by atoms with Crippen molar-refractivity contribution in [3.8, 4) is 0 Å². The van der Waals surface area contributed by atoms with Crippen molar-refractivity contribution in [2.45, 2.75) is 42.9 Å². The highest BCUT2D eigenvalue weighted by Crippen LogP contribution is 2.33. The lowest BCUT2D eigenvalue weighted by Crippen LogP contribution is -2.47. The molecule has 0 aromatic carbocycles. The van der Waals surface area contributed by atoms with Crippen molar-refractivity contribution in [3.05, 3.63) is 0 Å². The van der Waals surface area contributed by atoms with Crippen LogP contribution in [0.15, 0.2) is 0 Å². The van der Waals surface area contributed by atoms with E-state index in [1.165, 1.54) is 38.6 Å². The van der Waals surface area contributed by atoms with E-state index in [0.29, 0.717) is 4.75 Å². The fourth-order valence-corrected chi connectivity index (χ4v) is 2.94. The minimum atomic E-state index is 0.466. The van der Waals surface area contributed by atoms with Gasteiger partial charge in [-0.2, -0.15) is 11.8 Å². The monoisotopic (exact) mass is 215 g/mol. The van der Waals surface area contributed by atoms with Gasteiger partial charge < -0.3 is 10.1 Å². The maximum absolute atomic E-state index is 5.43. The van der Waals surface area contributed by atoms with E-state index < -0.39 is 0 Å². The molecule has 0 atom stereocenters. The predicted molar refractivity (Wildman–Crippen MR) is 61.9 cm³/mol. The van der Waals surface area contributed by atoms with Crippen LogP contribution in [0.3, 0.4) is 0 Å². The van der Waals surface area contributed by atoms with Crippen LogP contribution in [0.2, 0.25) is 0 Å². The van der Waals surface area contributed by atoms with Gasteiger partial charge in [-0.05, 0) is 31.9 Å². The summed E-state index contributed by atoms with van der Waals surface area (Å²) < 4.78 is 5.90. The van der Waals surface area contributed by atoms with Crippen LogP contribution in [-0.4, -0.2) is 36.8 Å². The molecule has 1 saturated heterocycles. The molecule has 1 aliphatic carbocycles. The Hall–Kier alpha value is 0.270. The van der Waals surface area contributed by atoms with E-state index in [-0.39, 0.29) is 0 Å². The fraction of sp³-hybridized carbons (Fsp3) is 1.00. The van der Waals surface area contributed by atoms with Gasteiger partial charge in [0.15, 0.2) is 0 Å². The minimum absolute atomic E-state index is 0.466. The van der Waals surface area contributed by atoms with Crippen LogP contribution in [0.5, 0.6) is 0 Å². The number of rotatable bonds is 4. The molecule has 2 rings (SSSR count). The zero-order valence-electron chi connectivity index (χ0n) is 9.05. The highest BCUT2D eigenvalue weighted by atomic mass is 32.2. The summed E-state index contributed by atoms with van der Waals surface area (Å²) in [6.45, 7) is 3.09. The van der Waals surface area contributed by atoms with Crippen LogP contribution < -0.4 is 5.32 Å². The van der Waals surface area contributed by atoms with E-state index in [1.54, 1.807) is 0 Å². The number of thioether (sulfide) groups is 1. The summed E-state index contributed by atoms with van der Waals surface area (Å²) in [6, 6.07) is 0.821. The zero-order chi connectivity index (χ0) is 9.86. The molecule has 0 spiro atoms. The average Bonchev–Trinajstić information content (AvgIpc) is 2.17. The Bertz CT molecular complexity index is 176. The van der Waals surface area contributed by atoms with Crippen LogP contribution in [-0.2, 0) is 4.74 Å². The summed E-state index contributed by atoms with van der Waals surface area (Å²) in [5.74, 6) is 0. The summed E-state index contributed by atoms with van der Waals surface area (Å²) in [5.41, 5.74) is 0. The lowest BCUT2D eigenvalue weighted by molar-refractivity contribution is 0.0756. The van der Waals surface area contributed by atoms with Gasteiger partial charge in [-0.3, -0.25) is 0 Å². The Labute approximate surface area is 91.2 Å². The summed E-state index contributed by atoms with van der Waals surface area (Å²) >= 11 is 2.03. The smallest absolute Gasteiger partial charge is 0.0479 e. The number of hydrogen-bond acceptors (Lipinski definition) is 3. The van der Waals surface area contributed by atoms with Crippen molar-refractivity contribution in [2.24, 2.45) is 0 Å². The molecule has 2 nitrogen and oxygen atoms in total. The third kappa shape index (κ3) is 2.44. The van der Waals surface area contributed by atoms with Gasteiger partial charge in [0.25, 0.3) is 0 Å². The van der Waals surface area contributed by atoms with Gasteiger partial charge in [0, 0.05) is 30.5 Å². The fourth-order valence-electron chi connectivity index (χ4n) is 2.14. The molecule has 1 saturated carbocycles. The largest absolute Gasteiger partial charge is 0.381 e. The van der Waals surface area contributed by atoms with E-state index in [2.05, 4.69) is 11.6 Å². The quantitative estimate of drug-likeness (QED) is 0.775. The van der Waals surface area contributed by atoms with E-state index in [0.717, 1.165) is 19.3 Å². The topological polar surface area (TPSA) is 21.3 Å². The van der Waals surface area contributed by atoms with Gasteiger partial charge in [-0.25, -0.2) is 0 Å². The van der Waals surface area contributed by atoms with Crippen molar-refractivity contribution >= 4 is 11.8 Å². The maximum Gasteiger partial charge on any atom is 0.0479 e. The second-order valence-electron chi connectivity index (χ2n) is 4.51. The first-order valence-corrected chi connectivity index (χ1v) is 6.93. The molecule has 82 valence electrons. The average molecular weight is 215 g/mol. The van der Waals surface area contributed by atoms with E-state index >= 15 is 0 Å². The third-order valence-corrected chi connectivity index (χ3v) is 5.07.